The van der Waals surface area contributed by atoms with Crippen LogP contribution in [0.3, 0.4) is 0 Å². The number of methoxy groups -OCH3 is 2. The van der Waals surface area contributed by atoms with Crippen LogP contribution in [0.1, 0.15) is 10.4 Å². The molecule has 0 aliphatic carbocycles. The molecule has 0 bridgehead atoms. The third-order valence-corrected chi connectivity index (χ3v) is 4.45. The molecule has 2 amide bonds. The molecular weight excluding hydrogens is 348 g/mol. The number of nitrogens with zero attached hydrogens (tertiary/aromatic N) is 3. The van der Waals surface area contributed by atoms with Gasteiger partial charge in [0.15, 0.2) is 0 Å². The minimum Gasteiger partial charge on any atom is -0.496 e. The Hall–Kier alpha value is -3.29. The van der Waals surface area contributed by atoms with Crippen LogP contribution in [0.15, 0.2) is 36.5 Å². The van der Waals surface area contributed by atoms with E-state index in [0.717, 1.165) is 25.3 Å². The summed E-state index contributed by atoms with van der Waals surface area (Å²) in [5.74, 6) is 1.35. The van der Waals surface area contributed by atoms with Crippen LogP contribution in [0.2, 0.25) is 0 Å². The molecule has 1 aromatic heterocycles. The van der Waals surface area contributed by atoms with Crippen molar-refractivity contribution < 1.29 is 19.1 Å². The molecule has 1 N–H and O–H groups in total. The number of carbonyl (C=O) groups excluding carboxylic acids is 2. The smallest absolute Gasteiger partial charge is 0.263 e. The first kappa shape index (κ1) is 18.5. The van der Waals surface area contributed by atoms with Gasteiger partial charge in [0.2, 0.25) is 6.41 Å². The van der Waals surface area contributed by atoms with Crippen molar-refractivity contribution in [2.45, 2.75) is 0 Å². The molecule has 1 saturated heterocycles. The lowest BCUT2D eigenvalue weighted by molar-refractivity contribution is -0.118. The summed E-state index contributed by atoms with van der Waals surface area (Å²) in [6, 6.07) is 8.82. The van der Waals surface area contributed by atoms with E-state index in [-0.39, 0.29) is 5.91 Å². The summed E-state index contributed by atoms with van der Waals surface area (Å²) in [4.78, 5) is 31.7. The number of pyridine rings is 1. The van der Waals surface area contributed by atoms with E-state index in [1.165, 1.54) is 14.2 Å². The highest BCUT2D eigenvalue weighted by molar-refractivity contribution is 6.08. The highest BCUT2D eigenvalue weighted by atomic mass is 16.5. The zero-order valence-electron chi connectivity index (χ0n) is 15.3. The van der Waals surface area contributed by atoms with Crippen molar-refractivity contribution >= 4 is 23.8 Å². The molecule has 8 nitrogen and oxygen atoms in total. The van der Waals surface area contributed by atoms with Crippen LogP contribution in [-0.2, 0) is 4.79 Å². The number of carbonyl (C=O) groups is 2. The average molecular weight is 370 g/mol. The molecular formula is C19H22N4O4. The van der Waals surface area contributed by atoms with E-state index in [9.17, 15) is 9.59 Å². The molecule has 142 valence electrons. The molecule has 0 saturated carbocycles. The first-order valence-electron chi connectivity index (χ1n) is 8.59. The van der Waals surface area contributed by atoms with E-state index in [1.54, 1.807) is 35.4 Å². The van der Waals surface area contributed by atoms with E-state index in [2.05, 4.69) is 15.2 Å². The van der Waals surface area contributed by atoms with Gasteiger partial charge in [-0.15, -0.1) is 0 Å². The fraction of sp³-hybridized carbons (Fsp3) is 0.316. The van der Waals surface area contributed by atoms with Crippen molar-refractivity contribution in [2.75, 3.05) is 50.6 Å². The molecule has 1 fully saturated rings. The Morgan fingerprint density at radius 3 is 2.26 bits per heavy atom. The largest absolute Gasteiger partial charge is 0.496 e. The predicted octanol–water partition coefficient (Wildman–Crippen LogP) is 1.63. The Morgan fingerprint density at radius 2 is 1.74 bits per heavy atom. The molecule has 27 heavy (non-hydrogen) atoms. The van der Waals surface area contributed by atoms with Crippen molar-refractivity contribution in [1.82, 2.24) is 9.88 Å². The van der Waals surface area contributed by atoms with Gasteiger partial charge in [-0.3, -0.25) is 9.59 Å². The summed E-state index contributed by atoms with van der Waals surface area (Å²) >= 11 is 0. The van der Waals surface area contributed by atoms with Crippen LogP contribution in [0.4, 0.5) is 11.5 Å². The van der Waals surface area contributed by atoms with E-state index in [4.69, 9.17) is 9.47 Å². The summed E-state index contributed by atoms with van der Waals surface area (Å²) in [5.41, 5.74) is 0.903. The molecule has 2 aromatic rings. The van der Waals surface area contributed by atoms with E-state index < -0.39 is 0 Å². The Bertz CT molecular complexity index is 780. The van der Waals surface area contributed by atoms with Crippen LogP contribution in [-0.4, -0.2) is 62.6 Å². The number of nitrogens with one attached hydrogen (secondary N) is 1. The minimum absolute atomic E-state index is 0.330. The molecule has 1 aliphatic rings. The average Bonchev–Trinajstić information content (AvgIpc) is 2.73. The summed E-state index contributed by atoms with van der Waals surface area (Å²) in [7, 11) is 3.01. The van der Waals surface area contributed by atoms with Gasteiger partial charge < -0.3 is 24.6 Å². The lowest BCUT2D eigenvalue weighted by atomic mass is 10.1. The summed E-state index contributed by atoms with van der Waals surface area (Å²) < 4.78 is 10.5. The maximum absolute atomic E-state index is 12.7. The first-order chi connectivity index (χ1) is 13.2. The monoisotopic (exact) mass is 370 g/mol. The Labute approximate surface area is 157 Å². The molecule has 0 unspecified atom stereocenters. The number of amides is 2. The number of ether oxygens (including phenoxy) is 2. The number of hydrogen-bond donors (Lipinski definition) is 1. The fourth-order valence-electron chi connectivity index (χ4n) is 2.97. The third-order valence-electron chi connectivity index (χ3n) is 4.45. The van der Waals surface area contributed by atoms with E-state index in [0.29, 0.717) is 35.8 Å². The molecule has 3 rings (SSSR count). The summed E-state index contributed by atoms with van der Waals surface area (Å²) in [6.07, 6.45) is 2.48. The fourth-order valence-corrected chi connectivity index (χ4v) is 2.97. The van der Waals surface area contributed by atoms with Gasteiger partial charge in [0.1, 0.15) is 22.9 Å². The SMILES string of the molecule is COc1cccc(OC)c1C(=O)Nc1ccc(N2CCN(C=O)CC2)nc1. The van der Waals surface area contributed by atoms with Crippen LogP contribution in [0.5, 0.6) is 11.5 Å². The van der Waals surface area contributed by atoms with Gasteiger partial charge in [0.25, 0.3) is 5.91 Å². The van der Waals surface area contributed by atoms with Crippen LogP contribution < -0.4 is 19.7 Å². The van der Waals surface area contributed by atoms with Gasteiger partial charge in [0.05, 0.1) is 26.1 Å². The number of aromatic nitrogens is 1. The van der Waals surface area contributed by atoms with Crippen LogP contribution in [0.25, 0.3) is 0 Å². The van der Waals surface area contributed by atoms with Gasteiger partial charge >= 0.3 is 0 Å². The standard InChI is InChI=1S/C19H22N4O4/c1-26-15-4-3-5-16(27-2)18(15)19(25)21-14-6-7-17(20-12-14)23-10-8-22(13-24)9-11-23/h3-7,12-13H,8-11H2,1-2H3,(H,21,25). The molecule has 0 atom stereocenters. The summed E-state index contributed by atoms with van der Waals surface area (Å²) in [6.45, 7) is 2.82. The Kier molecular flexibility index (Phi) is 5.75. The zero-order chi connectivity index (χ0) is 19.2. The van der Waals surface area contributed by atoms with Crippen LogP contribution >= 0.6 is 0 Å². The number of anilines is 2. The quantitative estimate of drug-likeness (QED) is 0.778. The molecule has 1 aliphatic heterocycles. The second kappa shape index (κ2) is 8.39. The maximum atomic E-state index is 12.7. The van der Waals surface area contributed by atoms with Gasteiger partial charge in [-0.25, -0.2) is 4.98 Å². The molecule has 0 spiro atoms. The van der Waals surface area contributed by atoms with Crippen molar-refractivity contribution in [3.05, 3.63) is 42.1 Å². The van der Waals surface area contributed by atoms with Gasteiger partial charge in [-0.1, -0.05) is 6.07 Å². The normalized spacial score (nSPS) is 13.9. The molecule has 2 heterocycles. The highest BCUT2D eigenvalue weighted by Gasteiger charge is 2.19. The zero-order valence-corrected chi connectivity index (χ0v) is 15.3. The Morgan fingerprint density at radius 1 is 1.07 bits per heavy atom. The Balaban J connectivity index is 1.70. The molecule has 1 aromatic carbocycles. The number of benzene rings is 1. The van der Waals surface area contributed by atoms with Crippen molar-refractivity contribution in [3.63, 3.8) is 0 Å². The van der Waals surface area contributed by atoms with Crippen molar-refractivity contribution in [2.24, 2.45) is 0 Å². The lowest BCUT2D eigenvalue weighted by Crippen LogP contribution is -2.46. The topological polar surface area (TPSA) is 84.0 Å². The first-order valence-corrected chi connectivity index (χ1v) is 8.59. The number of hydrogen-bond acceptors (Lipinski definition) is 6. The van der Waals surface area contributed by atoms with Crippen LogP contribution in [0, 0.1) is 0 Å². The van der Waals surface area contributed by atoms with Gasteiger partial charge in [0, 0.05) is 26.2 Å². The highest BCUT2D eigenvalue weighted by Crippen LogP contribution is 2.29. The third kappa shape index (κ3) is 4.11. The van der Waals surface area contributed by atoms with Crippen molar-refractivity contribution in [1.29, 1.82) is 0 Å². The summed E-state index contributed by atoms with van der Waals surface area (Å²) in [5, 5.41) is 2.82. The number of rotatable bonds is 6. The molecule has 0 radical (unpaired) electrons. The molecule has 8 heteroatoms. The van der Waals surface area contributed by atoms with Gasteiger partial charge in [-0.05, 0) is 24.3 Å². The maximum Gasteiger partial charge on any atom is 0.263 e. The van der Waals surface area contributed by atoms with E-state index in [1.807, 2.05) is 6.07 Å². The predicted molar refractivity (Wildman–Crippen MR) is 102 cm³/mol. The number of piperazine rings is 1. The van der Waals surface area contributed by atoms with Gasteiger partial charge in [-0.2, -0.15) is 0 Å². The second-order valence-corrected chi connectivity index (χ2v) is 6.03. The lowest BCUT2D eigenvalue weighted by Gasteiger charge is -2.33. The van der Waals surface area contributed by atoms with E-state index >= 15 is 0 Å². The second-order valence-electron chi connectivity index (χ2n) is 6.03. The van der Waals surface area contributed by atoms with Crippen molar-refractivity contribution in [3.8, 4) is 11.5 Å². The minimum atomic E-state index is -0.335.